The fraction of sp³-hybridized carbons (Fsp3) is 0.412. The van der Waals surface area contributed by atoms with Gasteiger partial charge in [0, 0.05) is 54.8 Å². The summed E-state index contributed by atoms with van der Waals surface area (Å²) in [5.41, 5.74) is 2.74. The van der Waals surface area contributed by atoms with Gasteiger partial charge in [0.15, 0.2) is 0 Å². The highest BCUT2D eigenvalue weighted by molar-refractivity contribution is 6.02. The standard InChI is InChI=1S/C68H85N11O13/c1-40(2)29-51(72-63(85)55(34-48-36-69-39-70-48)74-61(83)53(31-43-17-10-8-11-18-43)75-66(88)57-23-16-28-79(57)68(90)92-38-45-19-12-9-13-20-45)60(82)73-52(30-41(3)4)64(86)78-59(42(5)6)67(89)76-54(32-44-24-26-49(81)27-25-44)62(84)77-56(37-80)65(87)71-47-33-46-21-14-15-22-50(46)58(35-47)91-7/h8-15,17-22,24-27,33,35-36,39-42,51-57,59,80-81H,16,23,28-32,34,37-38H2,1-7H3,(H,69,70)(H,71,87)(H,72,85)(H,73,82)(H,74,83)(H,75,88)(H,76,89)(H,77,84)(H,78,86)/t51-,52-,53-,54-,55-,56-,57-,59-/m0/s1. The molecule has 0 unspecified atom stereocenters. The van der Waals surface area contributed by atoms with E-state index in [4.69, 9.17) is 9.47 Å². The van der Waals surface area contributed by atoms with Crippen LogP contribution in [0.15, 0.2) is 134 Å². The quantitative estimate of drug-likeness (QED) is 0.0277. The van der Waals surface area contributed by atoms with Gasteiger partial charge in [-0.1, -0.05) is 139 Å². The first kappa shape index (κ1) is 69.6. The molecule has 7 rings (SSSR count). The highest BCUT2D eigenvalue weighted by Crippen LogP contribution is 2.30. The van der Waals surface area contributed by atoms with E-state index in [1.807, 2.05) is 82.3 Å². The van der Waals surface area contributed by atoms with Gasteiger partial charge in [-0.2, -0.15) is 0 Å². The monoisotopic (exact) mass is 1260 g/mol. The lowest BCUT2D eigenvalue weighted by Gasteiger charge is -2.30. The predicted octanol–water partition coefficient (Wildman–Crippen LogP) is 4.88. The summed E-state index contributed by atoms with van der Waals surface area (Å²) in [7, 11) is 1.49. The number of aliphatic hydroxyl groups excluding tert-OH is 1. The summed E-state index contributed by atoms with van der Waals surface area (Å²) in [6.07, 6.45) is 2.91. The molecule has 1 aromatic heterocycles. The molecule has 0 bridgehead atoms. The number of aromatic nitrogens is 2. The fourth-order valence-corrected chi connectivity index (χ4v) is 10.8. The van der Waals surface area contributed by atoms with Crippen molar-refractivity contribution in [2.75, 3.05) is 25.6 Å². The van der Waals surface area contributed by atoms with Gasteiger partial charge in [-0.15, -0.1) is 0 Å². The van der Waals surface area contributed by atoms with Crippen LogP contribution in [0.25, 0.3) is 10.8 Å². The summed E-state index contributed by atoms with van der Waals surface area (Å²) in [4.78, 5) is 137. The van der Waals surface area contributed by atoms with E-state index in [-0.39, 0.29) is 62.8 Å². The number of phenols is 1. The summed E-state index contributed by atoms with van der Waals surface area (Å²) >= 11 is 0. The molecular formula is C68H85N11O13. The molecule has 6 aromatic rings. The Bertz CT molecular complexity index is 3460. The summed E-state index contributed by atoms with van der Waals surface area (Å²) in [6.45, 7) is 10.1. The van der Waals surface area contributed by atoms with E-state index >= 15 is 0 Å². The second-order valence-corrected chi connectivity index (χ2v) is 24.2. The number of nitrogens with zero attached hydrogens (tertiary/aromatic N) is 2. The SMILES string of the molecule is COc1cc(NC(=O)[C@H](CO)NC(=O)[C@H](Cc2ccc(O)cc2)NC(=O)[C@@H](NC(=O)[C@H](CC(C)C)NC(=O)[C@H](CC(C)C)NC(=O)[C@H](Cc2cnc[nH]2)NC(=O)[C@H](Cc2ccccc2)NC(=O)[C@@H]2CCCN2C(=O)OCc2ccccc2)C(C)C)cc2ccccc12. The minimum atomic E-state index is -1.50. The molecule has 0 radical (unpaired) electrons. The summed E-state index contributed by atoms with van der Waals surface area (Å²) < 4.78 is 11.1. The van der Waals surface area contributed by atoms with Crippen molar-refractivity contribution in [2.45, 2.75) is 141 Å². The van der Waals surface area contributed by atoms with E-state index in [0.717, 1.165) is 16.3 Å². The van der Waals surface area contributed by atoms with Gasteiger partial charge in [-0.25, -0.2) is 9.78 Å². The van der Waals surface area contributed by atoms with Crippen molar-refractivity contribution in [3.05, 3.63) is 156 Å². The van der Waals surface area contributed by atoms with E-state index in [0.29, 0.717) is 41.1 Å². The number of aromatic hydroxyl groups is 1. The van der Waals surface area contributed by atoms with Gasteiger partial charge in [0.05, 0.1) is 20.0 Å². The van der Waals surface area contributed by atoms with Crippen LogP contribution in [0.2, 0.25) is 0 Å². The van der Waals surface area contributed by atoms with Crippen LogP contribution in [-0.4, -0.2) is 147 Å². The summed E-state index contributed by atoms with van der Waals surface area (Å²) in [5, 5.41) is 44.1. The Morgan fingerprint density at radius 1 is 0.587 bits per heavy atom. The first-order chi connectivity index (χ1) is 44.1. The van der Waals surface area contributed by atoms with Gasteiger partial charge < -0.3 is 67.2 Å². The Hall–Kier alpha value is -9.84. The highest BCUT2D eigenvalue weighted by Gasteiger charge is 2.39. The summed E-state index contributed by atoms with van der Waals surface area (Å²) in [6, 6.07) is 24.3. The van der Waals surface area contributed by atoms with Crippen LogP contribution in [0.5, 0.6) is 11.5 Å². The minimum absolute atomic E-state index is 0.00176. The zero-order valence-electron chi connectivity index (χ0n) is 52.9. The number of fused-ring (bicyclic) bond motifs is 1. The fourth-order valence-electron chi connectivity index (χ4n) is 10.8. The minimum Gasteiger partial charge on any atom is -0.508 e. The third-order valence-electron chi connectivity index (χ3n) is 15.6. The third-order valence-corrected chi connectivity index (χ3v) is 15.6. The predicted molar refractivity (Wildman–Crippen MR) is 344 cm³/mol. The molecule has 92 heavy (non-hydrogen) atoms. The van der Waals surface area contributed by atoms with Crippen LogP contribution < -0.4 is 47.3 Å². The lowest BCUT2D eigenvalue weighted by molar-refractivity contribution is -0.136. The number of benzene rings is 5. The number of ether oxygens (including phenoxy) is 2. The third kappa shape index (κ3) is 20.3. The number of nitrogens with one attached hydrogen (secondary N) is 9. The van der Waals surface area contributed by atoms with Crippen molar-refractivity contribution >= 4 is 69.8 Å². The average molecular weight is 1260 g/mol. The van der Waals surface area contributed by atoms with Crippen LogP contribution in [-0.2, 0) is 69.0 Å². The number of phenolic OH excluding ortho intramolecular Hbond substituents is 1. The van der Waals surface area contributed by atoms with Crippen LogP contribution in [0.1, 0.15) is 89.6 Å². The molecule has 0 spiro atoms. The van der Waals surface area contributed by atoms with Crippen molar-refractivity contribution in [2.24, 2.45) is 17.8 Å². The number of H-pyrrole nitrogens is 1. The van der Waals surface area contributed by atoms with Crippen molar-refractivity contribution in [1.29, 1.82) is 0 Å². The van der Waals surface area contributed by atoms with E-state index < -0.39 is 114 Å². The molecule has 0 saturated carbocycles. The second kappa shape index (κ2) is 33.8. The van der Waals surface area contributed by atoms with Crippen LogP contribution >= 0.6 is 0 Å². The number of hydrogen-bond acceptors (Lipinski definition) is 14. The number of likely N-dealkylation sites (tertiary alicyclic amines) is 1. The zero-order chi connectivity index (χ0) is 66.4. The van der Waals surface area contributed by atoms with Gasteiger partial charge in [0.1, 0.15) is 66.4 Å². The first-order valence-electron chi connectivity index (χ1n) is 31.0. The van der Waals surface area contributed by atoms with Crippen LogP contribution in [0.3, 0.4) is 0 Å². The lowest BCUT2D eigenvalue weighted by atomic mass is 9.97. The maximum Gasteiger partial charge on any atom is 0.410 e. The molecule has 490 valence electrons. The van der Waals surface area contributed by atoms with E-state index in [1.54, 1.807) is 68.4 Å². The Balaban J connectivity index is 1.05. The molecule has 1 fully saturated rings. The number of rotatable bonds is 31. The molecule has 1 aliphatic heterocycles. The number of hydrogen-bond donors (Lipinski definition) is 11. The van der Waals surface area contributed by atoms with Gasteiger partial charge in [-0.3, -0.25) is 43.3 Å². The molecule has 5 aromatic carbocycles. The van der Waals surface area contributed by atoms with Crippen molar-refractivity contribution in [3.63, 3.8) is 0 Å². The highest BCUT2D eigenvalue weighted by atomic mass is 16.6. The normalized spacial score (nSPS) is 15.2. The van der Waals surface area contributed by atoms with Gasteiger partial charge in [-0.05, 0) is 83.7 Å². The first-order valence-corrected chi connectivity index (χ1v) is 31.0. The summed E-state index contributed by atoms with van der Waals surface area (Å²) in [5.74, 6) is -6.59. The zero-order valence-corrected chi connectivity index (χ0v) is 52.9. The number of methoxy groups -OCH3 is 1. The van der Waals surface area contributed by atoms with Crippen molar-refractivity contribution in [1.82, 2.24) is 52.1 Å². The topological polar surface area (TPSA) is 341 Å². The van der Waals surface area contributed by atoms with Gasteiger partial charge in [0.2, 0.25) is 47.3 Å². The molecule has 9 amide bonds. The Morgan fingerprint density at radius 3 is 1.68 bits per heavy atom. The number of amides is 9. The molecular weight excluding hydrogens is 1180 g/mol. The number of carbonyl (C=O) groups excluding carboxylic acids is 9. The van der Waals surface area contributed by atoms with Crippen molar-refractivity contribution in [3.8, 4) is 11.5 Å². The van der Waals surface area contributed by atoms with Crippen LogP contribution in [0.4, 0.5) is 10.5 Å². The van der Waals surface area contributed by atoms with Gasteiger partial charge in [0.25, 0.3) is 0 Å². The largest absolute Gasteiger partial charge is 0.508 e. The molecule has 11 N–H and O–H groups in total. The lowest BCUT2D eigenvalue weighted by Crippen LogP contribution is -2.61. The molecule has 1 saturated heterocycles. The van der Waals surface area contributed by atoms with E-state index in [2.05, 4.69) is 52.5 Å². The van der Waals surface area contributed by atoms with Crippen molar-refractivity contribution < 1.29 is 62.8 Å². The number of aliphatic hydroxyl groups is 1. The van der Waals surface area contributed by atoms with E-state index in [1.165, 1.54) is 36.7 Å². The Morgan fingerprint density at radius 2 is 1.11 bits per heavy atom. The maximum absolute atomic E-state index is 14.7. The smallest absolute Gasteiger partial charge is 0.410 e. The number of anilines is 1. The Kier molecular flexibility index (Phi) is 25.6. The van der Waals surface area contributed by atoms with Gasteiger partial charge >= 0.3 is 6.09 Å². The maximum atomic E-state index is 14.7. The van der Waals surface area contributed by atoms with Crippen LogP contribution in [0, 0.1) is 17.8 Å². The molecule has 0 aliphatic carbocycles. The molecule has 24 nitrogen and oxygen atoms in total. The molecule has 2 heterocycles. The second-order valence-electron chi connectivity index (χ2n) is 24.2. The number of aromatic amines is 1. The Labute approximate surface area is 535 Å². The molecule has 8 atom stereocenters. The number of carbonyl (C=O) groups is 9. The molecule has 1 aliphatic rings. The average Bonchev–Trinajstić information content (AvgIpc) is 1.10. The molecule has 24 heteroatoms. The number of imidazole rings is 1. The van der Waals surface area contributed by atoms with E-state index in [9.17, 15) is 53.4 Å².